The molecular weight excluding hydrogens is 395 g/mol. The minimum Gasteiger partial charge on any atom is -0.434 e. The van der Waals surface area contributed by atoms with E-state index in [4.69, 9.17) is 4.74 Å². The quantitative estimate of drug-likeness (QED) is 0.461. The van der Waals surface area contributed by atoms with Gasteiger partial charge in [-0.15, -0.1) is 5.10 Å². The molecule has 29 heavy (non-hydrogen) atoms. The molecule has 0 aliphatic carbocycles. The molecule has 0 aliphatic rings. The third kappa shape index (κ3) is 4.06. The summed E-state index contributed by atoms with van der Waals surface area (Å²) in [6, 6.07) is 9.38. The Morgan fingerprint density at radius 2 is 2.21 bits per heavy atom. The van der Waals surface area contributed by atoms with E-state index in [9.17, 15) is 9.18 Å². The van der Waals surface area contributed by atoms with Gasteiger partial charge in [-0.05, 0) is 54.9 Å². The minimum absolute atomic E-state index is 0.0896. The lowest BCUT2D eigenvalue weighted by atomic mass is 10.3. The number of anilines is 3. The molecule has 1 amide bonds. The summed E-state index contributed by atoms with van der Waals surface area (Å²) in [6.45, 7) is 5.27. The molecule has 3 aromatic heterocycles. The molecule has 0 unspecified atom stereocenters. The number of ether oxygens (including phenoxy) is 1. The number of rotatable bonds is 6. The maximum atomic E-state index is 14.3. The molecule has 2 N–H and O–H groups in total. The average Bonchev–Trinajstić information content (AvgIpc) is 3.33. The van der Waals surface area contributed by atoms with Crippen LogP contribution in [0.1, 0.15) is 5.69 Å². The van der Waals surface area contributed by atoms with Crippen molar-refractivity contribution in [3.63, 3.8) is 0 Å². The predicted octanol–water partition coefficient (Wildman–Crippen LogP) is 4.29. The van der Waals surface area contributed by atoms with Crippen LogP contribution in [0.4, 0.5) is 21.0 Å². The maximum absolute atomic E-state index is 14.3. The summed E-state index contributed by atoms with van der Waals surface area (Å²) in [6.07, 6.45) is 2.85. The molecule has 4 rings (SSSR count). The number of aromatic nitrogens is 4. The predicted molar refractivity (Wildman–Crippen MR) is 108 cm³/mol. The van der Waals surface area contributed by atoms with Gasteiger partial charge < -0.3 is 15.4 Å². The zero-order valence-electron chi connectivity index (χ0n) is 15.2. The second-order valence-electron chi connectivity index (χ2n) is 5.98. The van der Waals surface area contributed by atoms with Gasteiger partial charge in [-0.3, -0.25) is 4.79 Å². The zero-order valence-corrected chi connectivity index (χ0v) is 16.0. The van der Waals surface area contributed by atoms with Crippen molar-refractivity contribution in [2.75, 3.05) is 10.6 Å². The van der Waals surface area contributed by atoms with Crippen LogP contribution in [-0.4, -0.2) is 24.9 Å². The number of carbonyl (C=O) groups excluding carboxylic acids is 1. The van der Waals surface area contributed by atoms with Gasteiger partial charge in [0.15, 0.2) is 11.6 Å². The van der Waals surface area contributed by atoms with E-state index >= 15 is 0 Å². The van der Waals surface area contributed by atoms with Crippen molar-refractivity contribution in [1.29, 1.82) is 0 Å². The molecule has 10 heteroatoms. The van der Waals surface area contributed by atoms with E-state index in [0.29, 0.717) is 11.2 Å². The second-order valence-corrected chi connectivity index (χ2v) is 6.78. The molecule has 1 aromatic carbocycles. The maximum Gasteiger partial charge on any atom is 0.249 e. The van der Waals surface area contributed by atoms with Crippen molar-refractivity contribution in [1.82, 2.24) is 19.0 Å². The molecular formula is C19H15FN6O2S. The fourth-order valence-corrected chi connectivity index (χ4v) is 3.18. The van der Waals surface area contributed by atoms with Gasteiger partial charge in [0, 0.05) is 18.0 Å². The van der Waals surface area contributed by atoms with Crippen molar-refractivity contribution in [3.05, 3.63) is 66.8 Å². The topological polar surface area (TPSA) is 93.4 Å². The number of nitrogens with zero attached hydrogens (tertiary/aromatic N) is 4. The number of fused-ring (bicyclic) bond motifs is 1. The van der Waals surface area contributed by atoms with Crippen LogP contribution in [-0.2, 0) is 4.79 Å². The van der Waals surface area contributed by atoms with Crippen LogP contribution >= 0.6 is 11.5 Å². The summed E-state index contributed by atoms with van der Waals surface area (Å²) in [4.78, 5) is 15.9. The summed E-state index contributed by atoms with van der Waals surface area (Å²) in [5, 5.41) is 10.8. The summed E-state index contributed by atoms with van der Waals surface area (Å²) in [5.74, 6) is -0.681. The Labute approximate surface area is 168 Å². The Kier molecular flexibility index (Phi) is 4.92. The number of nitrogens with one attached hydrogen (secondary N) is 2. The molecule has 4 aromatic rings. The van der Waals surface area contributed by atoms with Gasteiger partial charge >= 0.3 is 0 Å². The van der Waals surface area contributed by atoms with E-state index < -0.39 is 11.7 Å². The number of hydrogen-bond donors (Lipinski definition) is 2. The third-order valence-electron chi connectivity index (χ3n) is 3.81. The van der Waals surface area contributed by atoms with Crippen LogP contribution < -0.4 is 15.4 Å². The number of carbonyl (C=O) groups is 1. The van der Waals surface area contributed by atoms with Gasteiger partial charge in [0.1, 0.15) is 10.5 Å². The Balaban J connectivity index is 1.68. The summed E-state index contributed by atoms with van der Waals surface area (Å²) in [7, 11) is 0. The van der Waals surface area contributed by atoms with Gasteiger partial charge in [0.25, 0.3) is 0 Å². The number of aryl methyl sites for hydroxylation is 1. The number of hydrogen-bond acceptors (Lipinski definition) is 7. The first kappa shape index (κ1) is 18.6. The summed E-state index contributed by atoms with van der Waals surface area (Å²) >= 11 is 1.27. The first-order chi connectivity index (χ1) is 14.0. The monoisotopic (exact) mass is 410 g/mol. The van der Waals surface area contributed by atoms with Crippen LogP contribution in [0.3, 0.4) is 0 Å². The number of amides is 1. The van der Waals surface area contributed by atoms with Crippen LogP contribution in [0.5, 0.6) is 11.6 Å². The normalized spacial score (nSPS) is 10.7. The lowest BCUT2D eigenvalue weighted by Crippen LogP contribution is -2.07. The van der Waals surface area contributed by atoms with E-state index in [0.717, 1.165) is 16.8 Å². The molecule has 0 spiro atoms. The first-order valence-electron chi connectivity index (χ1n) is 8.48. The van der Waals surface area contributed by atoms with Crippen LogP contribution in [0, 0.1) is 12.7 Å². The van der Waals surface area contributed by atoms with Crippen molar-refractivity contribution >= 4 is 39.6 Å². The molecule has 3 heterocycles. The minimum atomic E-state index is -0.600. The third-order valence-corrected chi connectivity index (χ3v) is 4.61. The second kappa shape index (κ2) is 7.68. The molecule has 0 fully saturated rings. The first-order valence-corrected chi connectivity index (χ1v) is 9.26. The summed E-state index contributed by atoms with van der Waals surface area (Å²) in [5.41, 5.74) is 1.79. The zero-order chi connectivity index (χ0) is 20.4. The molecule has 146 valence electrons. The fourth-order valence-electron chi connectivity index (χ4n) is 2.52. The lowest BCUT2D eigenvalue weighted by Gasteiger charge is -2.11. The van der Waals surface area contributed by atoms with Crippen LogP contribution in [0.15, 0.2) is 55.3 Å². The lowest BCUT2D eigenvalue weighted by molar-refractivity contribution is -0.111. The summed E-state index contributed by atoms with van der Waals surface area (Å²) < 4.78 is 25.8. The highest BCUT2D eigenvalue weighted by molar-refractivity contribution is 7.10. The Hall–Kier alpha value is -3.79. The Morgan fingerprint density at radius 3 is 2.97 bits per heavy atom. The fraction of sp³-hybridized carbons (Fsp3) is 0.0526. The van der Waals surface area contributed by atoms with Gasteiger partial charge in [-0.1, -0.05) is 6.58 Å². The van der Waals surface area contributed by atoms with Crippen molar-refractivity contribution in [2.45, 2.75) is 6.92 Å². The smallest absolute Gasteiger partial charge is 0.249 e. The van der Waals surface area contributed by atoms with Gasteiger partial charge in [0.05, 0.1) is 5.69 Å². The van der Waals surface area contributed by atoms with E-state index in [-0.39, 0.29) is 17.6 Å². The Morgan fingerprint density at radius 1 is 1.34 bits per heavy atom. The average molecular weight is 410 g/mol. The highest BCUT2D eigenvalue weighted by atomic mass is 32.1. The molecule has 0 atom stereocenters. The van der Waals surface area contributed by atoms with Crippen molar-refractivity contribution in [2.24, 2.45) is 0 Å². The number of halogens is 1. The molecule has 8 nitrogen and oxygen atoms in total. The van der Waals surface area contributed by atoms with Gasteiger partial charge in [0.2, 0.25) is 17.7 Å². The highest BCUT2D eigenvalue weighted by Gasteiger charge is 2.14. The van der Waals surface area contributed by atoms with E-state index in [1.165, 1.54) is 29.7 Å². The van der Waals surface area contributed by atoms with Crippen LogP contribution in [0.2, 0.25) is 0 Å². The molecule has 0 saturated heterocycles. The van der Waals surface area contributed by atoms with Crippen molar-refractivity contribution < 1.29 is 13.9 Å². The number of benzene rings is 1. The van der Waals surface area contributed by atoms with Gasteiger partial charge in [-0.25, -0.2) is 8.91 Å². The van der Waals surface area contributed by atoms with Gasteiger partial charge in [-0.2, -0.15) is 9.36 Å². The standard InChI is InChI=1S/C19H15FN6O2S/c1-3-16(27)21-12-6-7-13(20)15(10-12)28-18-14-5-4-8-26(14)24-19(23-18)22-17-9-11(2)25-29-17/h3-10H,1H2,2H3,(H,21,27)(H,22,24). The van der Waals surface area contributed by atoms with E-state index in [2.05, 4.69) is 31.7 Å². The van der Waals surface area contributed by atoms with E-state index in [1.54, 1.807) is 22.8 Å². The molecule has 0 saturated carbocycles. The largest absolute Gasteiger partial charge is 0.434 e. The van der Waals surface area contributed by atoms with Crippen LogP contribution in [0.25, 0.3) is 5.52 Å². The van der Waals surface area contributed by atoms with E-state index in [1.807, 2.05) is 13.0 Å². The SMILES string of the molecule is C=CC(=O)Nc1ccc(F)c(Oc2nc(Nc3cc(C)ns3)nn3cccc23)c1. The Bertz CT molecular complexity index is 1220. The van der Waals surface area contributed by atoms with Crippen molar-refractivity contribution in [3.8, 4) is 11.6 Å². The highest BCUT2D eigenvalue weighted by Crippen LogP contribution is 2.30. The molecule has 0 aliphatic heterocycles. The molecule has 0 radical (unpaired) electrons. The molecule has 0 bridgehead atoms.